The Labute approximate surface area is 115 Å². The van der Waals surface area contributed by atoms with Crippen LogP contribution in [0, 0.1) is 6.92 Å². The summed E-state index contributed by atoms with van der Waals surface area (Å²) in [5.74, 6) is 0.127. The quantitative estimate of drug-likeness (QED) is 0.874. The SMILES string of the molecule is Cc1cccc(CC(C)NC(=O)CN2CCCC2)n1. The van der Waals surface area contributed by atoms with E-state index in [0.717, 1.165) is 30.9 Å². The molecule has 0 radical (unpaired) electrons. The van der Waals surface area contributed by atoms with Gasteiger partial charge in [-0.25, -0.2) is 0 Å². The first-order valence-electron chi connectivity index (χ1n) is 7.08. The van der Waals surface area contributed by atoms with Crippen molar-refractivity contribution in [3.8, 4) is 0 Å². The van der Waals surface area contributed by atoms with E-state index in [2.05, 4.69) is 15.2 Å². The van der Waals surface area contributed by atoms with Crippen molar-refractivity contribution in [3.05, 3.63) is 29.6 Å². The standard InChI is InChI=1S/C15H23N3O/c1-12-6-5-7-14(16-12)10-13(2)17-15(19)11-18-8-3-4-9-18/h5-7,13H,3-4,8-11H2,1-2H3,(H,17,19). The van der Waals surface area contributed by atoms with Gasteiger partial charge < -0.3 is 5.32 Å². The number of hydrogen-bond acceptors (Lipinski definition) is 3. The maximum Gasteiger partial charge on any atom is 0.234 e. The number of nitrogens with one attached hydrogen (secondary N) is 1. The number of carbonyl (C=O) groups excluding carboxylic acids is 1. The fourth-order valence-corrected chi connectivity index (χ4v) is 2.54. The lowest BCUT2D eigenvalue weighted by molar-refractivity contribution is -0.122. The van der Waals surface area contributed by atoms with E-state index in [4.69, 9.17) is 0 Å². The molecule has 4 nitrogen and oxygen atoms in total. The Morgan fingerprint density at radius 1 is 1.42 bits per heavy atom. The molecule has 1 saturated heterocycles. The average molecular weight is 261 g/mol. The van der Waals surface area contributed by atoms with Gasteiger partial charge in [-0.2, -0.15) is 0 Å². The summed E-state index contributed by atoms with van der Waals surface area (Å²) >= 11 is 0. The first kappa shape index (κ1) is 14.0. The molecule has 19 heavy (non-hydrogen) atoms. The van der Waals surface area contributed by atoms with Crippen LogP contribution in [-0.4, -0.2) is 41.5 Å². The highest BCUT2D eigenvalue weighted by atomic mass is 16.2. The zero-order chi connectivity index (χ0) is 13.7. The number of amides is 1. The van der Waals surface area contributed by atoms with Crippen molar-refractivity contribution < 1.29 is 4.79 Å². The highest BCUT2D eigenvalue weighted by Crippen LogP contribution is 2.06. The second-order valence-electron chi connectivity index (χ2n) is 5.43. The van der Waals surface area contributed by atoms with E-state index < -0.39 is 0 Å². The van der Waals surface area contributed by atoms with Crippen LogP contribution in [0.3, 0.4) is 0 Å². The molecule has 0 bridgehead atoms. The lowest BCUT2D eigenvalue weighted by atomic mass is 10.1. The molecule has 1 fully saturated rings. The van der Waals surface area contributed by atoms with Crippen molar-refractivity contribution in [1.29, 1.82) is 0 Å². The molecule has 1 aromatic heterocycles. The molecule has 0 aromatic carbocycles. The Bertz CT molecular complexity index is 427. The van der Waals surface area contributed by atoms with Crippen molar-refractivity contribution in [1.82, 2.24) is 15.2 Å². The molecule has 2 rings (SSSR count). The second-order valence-corrected chi connectivity index (χ2v) is 5.43. The van der Waals surface area contributed by atoms with Gasteiger partial charge in [0.25, 0.3) is 0 Å². The number of likely N-dealkylation sites (tertiary alicyclic amines) is 1. The van der Waals surface area contributed by atoms with Crippen molar-refractivity contribution in [2.24, 2.45) is 0 Å². The van der Waals surface area contributed by atoms with E-state index >= 15 is 0 Å². The zero-order valence-corrected chi connectivity index (χ0v) is 11.9. The topological polar surface area (TPSA) is 45.2 Å². The molecule has 0 aliphatic carbocycles. The largest absolute Gasteiger partial charge is 0.352 e. The summed E-state index contributed by atoms with van der Waals surface area (Å²) < 4.78 is 0. The molecule has 1 amide bonds. The zero-order valence-electron chi connectivity index (χ0n) is 11.9. The van der Waals surface area contributed by atoms with Crippen molar-refractivity contribution >= 4 is 5.91 Å². The fourth-order valence-electron chi connectivity index (χ4n) is 2.54. The van der Waals surface area contributed by atoms with Gasteiger partial charge in [0, 0.05) is 23.9 Å². The number of carbonyl (C=O) groups is 1. The average Bonchev–Trinajstić information content (AvgIpc) is 2.81. The fraction of sp³-hybridized carbons (Fsp3) is 0.600. The Kier molecular flexibility index (Phi) is 4.91. The van der Waals surface area contributed by atoms with E-state index in [1.54, 1.807) is 0 Å². The minimum absolute atomic E-state index is 0.127. The van der Waals surface area contributed by atoms with Crippen molar-refractivity contribution in [2.45, 2.75) is 39.2 Å². The number of hydrogen-bond donors (Lipinski definition) is 1. The van der Waals surface area contributed by atoms with Gasteiger partial charge in [0.2, 0.25) is 5.91 Å². The van der Waals surface area contributed by atoms with Crippen LogP contribution < -0.4 is 5.32 Å². The van der Waals surface area contributed by atoms with Gasteiger partial charge >= 0.3 is 0 Å². The normalized spacial score (nSPS) is 17.4. The van der Waals surface area contributed by atoms with Crippen molar-refractivity contribution in [3.63, 3.8) is 0 Å². The van der Waals surface area contributed by atoms with E-state index in [1.807, 2.05) is 32.0 Å². The smallest absolute Gasteiger partial charge is 0.234 e. The highest BCUT2D eigenvalue weighted by molar-refractivity contribution is 5.78. The van der Waals surface area contributed by atoms with E-state index in [-0.39, 0.29) is 11.9 Å². The summed E-state index contributed by atoms with van der Waals surface area (Å²) in [6.07, 6.45) is 3.22. The highest BCUT2D eigenvalue weighted by Gasteiger charge is 2.16. The van der Waals surface area contributed by atoms with Gasteiger partial charge in [0.1, 0.15) is 0 Å². The van der Waals surface area contributed by atoms with Crippen LogP contribution in [0.25, 0.3) is 0 Å². The van der Waals surface area contributed by atoms with Crippen LogP contribution in [0.15, 0.2) is 18.2 Å². The number of nitrogens with zero attached hydrogens (tertiary/aromatic N) is 2. The molecule has 1 atom stereocenters. The summed E-state index contributed by atoms with van der Waals surface area (Å²) in [6.45, 7) is 6.67. The van der Waals surface area contributed by atoms with Gasteiger partial charge in [-0.3, -0.25) is 14.7 Å². The number of rotatable bonds is 5. The maximum atomic E-state index is 11.9. The van der Waals surface area contributed by atoms with Crippen LogP contribution in [0.4, 0.5) is 0 Å². The monoisotopic (exact) mass is 261 g/mol. The summed E-state index contributed by atoms with van der Waals surface area (Å²) in [5.41, 5.74) is 2.06. The van der Waals surface area contributed by atoms with Crippen molar-refractivity contribution in [2.75, 3.05) is 19.6 Å². The molecule has 1 aliphatic heterocycles. The third-order valence-electron chi connectivity index (χ3n) is 3.43. The molecule has 1 aliphatic rings. The Hall–Kier alpha value is -1.42. The minimum Gasteiger partial charge on any atom is -0.352 e. The lowest BCUT2D eigenvalue weighted by Gasteiger charge is -2.17. The molecule has 1 aromatic rings. The predicted octanol–water partition coefficient (Wildman–Crippen LogP) is 1.53. The van der Waals surface area contributed by atoms with E-state index in [1.165, 1.54) is 12.8 Å². The van der Waals surface area contributed by atoms with E-state index in [9.17, 15) is 4.79 Å². The van der Waals surface area contributed by atoms with E-state index in [0.29, 0.717) is 6.54 Å². The Morgan fingerprint density at radius 2 is 2.16 bits per heavy atom. The molecule has 0 saturated carbocycles. The molecule has 1 N–H and O–H groups in total. The molecular weight excluding hydrogens is 238 g/mol. The van der Waals surface area contributed by atoms with Crippen LogP contribution in [0.2, 0.25) is 0 Å². The lowest BCUT2D eigenvalue weighted by Crippen LogP contribution is -2.41. The number of pyridine rings is 1. The third-order valence-corrected chi connectivity index (χ3v) is 3.43. The van der Waals surface area contributed by atoms with Crippen LogP contribution in [-0.2, 0) is 11.2 Å². The molecule has 2 heterocycles. The van der Waals surface area contributed by atoms with Gasteiger partial charge in [0.15, 0.2) is 0 Å². The first-order valence-corrected chi connectivity index (χ1v) is 7.08. The molecule has 0 spiro atoms. The van der Waals surface area contributed by atoms with Gasteiger partial charge in [-0.05, 0) is 51.9 Å². The Morgan fingerprint density at radius 3 is 2.84 bits per heavy atom. The van der Waals surface area contributed by atoms with Gasteiger partial charge in [0.05, 0.1) is 6.54 Å². The first-order chi connectivity index (χ1) is 9.13. The predicted molar refractivity (Wildman–Crippen MR) is 76.0 cm³/mol. The van der Waals surface area contributed by atoms with Crippen LogP contribution in [0.1, 0.15) is 31.2 Å². The summed E-state index contributed by atoms with van der Waals surface area (Å²) in [4.78, 5) is 18.6. The van der Waals surface area contributed by atoms with Gasteiger partial charge in [-0.1, -0.05) is 6.07 Å². The maximum absolute atomic E-state index is 11.9. The third kappa shape index (κ3) is 4.63. The summed E-state index contributed by atoms with van der Waals surface area (Å²) in [6, 6.07) is 6.14. The van der Waals surface area contributed by atoms with Crippen LogP contribution in [0.5, 0.6) is 0 Å². The van der Waals surface area contributed by atoms with Crippen LogP contribution >= 0.6 is 0 Å². The number of aryl methyl sites for hydroxylation is 1. The summed E-state index contributed by atoms with van der Waals surface area (Å²) in [5, 5.41) is 3.05. The molecule has 4 heteroatoms. The molecular formula is C15H23N3O. The molecule has 1 unspecified atom stereocenters. The van der Waals surface area contributed by atoms with Gasteiger partial charge in [-0.15, -0.1) is 0 Å². The summed E-state index contributed by atoms with van der Waals surface area (Å²) in [7, 11) is 0. The Balaban J connectivity index is 1.77. The second kappa shape index (κ2) is 6.66. The number of aromatic nitrogens is 1. The molecule has 104 valence electrons. The minimum atomic E-state index is 0.127.